The van der Waals surface area contributed by atoms with E-state index in [2.05, 4.69) is 15.4 Å². The number of rotatable bonds is 6. The van der Waals surface area contributed by atoms with Crippen molar-refractivity contribution in [2.45, 2.75) is 13.5 Å². The fraction of sp³-hybridized carbons (Fsp3) is 0.105. The van der Waals surface area contributed by atoms with E-state index < -0.39 is 0 Å². The molecule has 0 fully saturated rings. The highest BCUT2D eigenvalue weighted by atomic mass is 16.6. The van der Waals surface area contributed by atoms with Crippen LogP contribution in [0.1, 0.15) is 29.8 Å². The topological polar surface area (TPSA) is 60.5 Å². The van der Waals surface area contributed by atoms with Gasteiger partial charge in [0.05, 0.1) is 5.71 Å². The molecule has 0 aliphatic rings. The van der Waals surface area contributed by atoms with E-state index >= 15 is 0 Å². The lowest BCUT2D eigenvalue weighted by atomic mass is 10.1. The van der Waals surface area contributed by atoms with Crippen molar-refractivity contribution in [3.05, 3.63) is 83.6 Å². The average Bonchev–Trinajstić information content (AvgIpc) is 3.09. The zero-order valence-corrected chi connectivity index (χ0v) is 13.3. The Bertz CT molecular complexity index is 824. The zero-order chi connectivity index (χ0) is 16.6. The lowest BCUT2D eigenvalue weighted by Gasteiger charge is -1.99. The molecule has 1 heterocycles. The van der Waals surface area contributed by atoms with Crippen LogP contribution in [0.5, 0.6) is 0 Å². The predicted molar refractivity (Wildman–Crippen MR) is 93.1 cm³/mol. The minimum Gasteiger partial charge on any atom is -0.417 e. The van der Waals surface area contributed by atoms with Crippen LogP contribution in [-0.4, -0.2) is 15.9 Å². The third-order valence-corrected chi connectivity index (χ3v) is 3.28. The van der Waals surface area contributed by atoms with Gasteiger partial charge in [-0.1, -0.05) is 65.8 Å². The molecule has 0 aliphatic carbocycles. The highest BCUT2D eigenvalue weighted by Gasteiger charge is 2.04. The molecule has 0 saturated heterocycles. The van der Waals surface area contributed by atoms with E-state index in [0.29, 0.717) is 11.8 Å². The van der Waals surface area contributed by atoms with E-state index in [1.165, 1.54) is 0 Å². The number of nitrogens with zero attached hydrogens (tertiary/aromatic N) is 3. The molecule has 0 atom stereocenters. The van der Waals surface area contributed by atoms with Crippen LogP contribution in [0.25, 0.3) is 12.2 Å². The number of benzene rings is 2. The molecule has 5 heteroatoms. The average molecular weight is 319 g/mol. The zero-order valence-electron chi connectivity index (χ0n) is 13.3. The molecule has 1 aromatic heterocycles. The van der Waals surface area contributed by atoms with Crippen LogP contribution in [0, 0.1) is 0 Å². The first-order valence-electron chi connectivity index (χ1n) is 7.59. The lowest BCUT2D eigenvalue weighted by Crippen LogP contribution is -1.96. The molecule has 0 bridgehead atoms. The molecule has 0 aliphatic heterocycles. The van der Waals surface area contributed by atoms with Gasteiger partial charge in [-0.25, -0.2) is 0 Å². The summed E-state index contributed by atoms with van der Waals surface area (Å²) < 4.78 is 5.49. The normalized spacial score (nSPS) is 11.8. The highest BCUT2D eigenvalue weighted by molar-refractivity contribution is 5.98. The number of hydrogen-bond donors (Lipinski definition) is 0. The smallest absolute Gasteiger partial charge is 0.257 e. The van der Waals surface area contributed by atoms with Gasteiger partial charge in [-0.3, -0.25) is 0 Å². The first-order valence-corrected chi connectivity index (χ1v) is 7.59. The molecule has 0 amide bonds. The van der Waals surface area contributed by atoms with Crippen LogP contribution < -0.4 is 0 Å². The minimum atomic E-state index is 0.135. The van der Waals surface area contributed by atoms with Gasteiger partial charge in [-0.15, -0.1) is 10.2 Å². The molecule has 5 nitrogen and oxygen atoms in total. The monoisotopic (exact) mass is 319 g/mol. The molecule has 0 spiro atoms. The Morgan fingerprint density at radius 1 is 1.00 bits per heavy atom. The molecule has 3 aromatic rings. The second kappa shape index (κ2) is 7.87. The first-order chi connectivity index (χ1) is 11.8. The number of oxime groups is 1. The van der Waals surface area contributed by atoms with Crippen LogP contribution in [0.3, 0.4) is 0 Å². The van der Waals surface area contributed by atoms with Crippen molar-refractivity contribution in [1.82, 2.24) is 10.2 Å². The minimum absolute atomic E-state index is 0.135. The standard InChI is InChI=1S/C19H17N3O2/c1-15(17-10-6-3-7-11-17)22-23-14-19-21-20-18(24-19)13-12-16-8-4-2-5-9-16/h2-13H,14H2,1H3/b13-12+,22-15+. The summed E-state index contributed by atoms with van der Waals surface area (Å²) in [6.45, 7) is 2.02. The molecule has 0 radical (unpaired) electrons. The van der Waals surface area contributed by atoms with Crippen LogP contribution in [0.4, 0.5) is 0 Å². The summed E-state index contributed by atoms with van der Waals surface area (Å²) >= 11 is 0. The SMILES string of the molecule is C/C(=N\OCc1nnc(/C=C/c2ccccc2)o1)c1ccccc1. The van der Waals surface area contributed by atoms with E-state index in [0.717, 1.165) is 16.8 Å². The van der Waals surface area contributed by atoms with Crippen LogP contribution in [-0.2, 0) is 11.4 Å². The Kier molecular flexibility index (Phi) is 5.14. The fourth-order valence-corrected chi connectivity index (χ4v) is 2.04. The van der Waals surface area contributed by atoms with Gasteiger partial charge in [0.2, 0.25) is 5.89 Å². The summed E-state index contributed by atoms with van der Waals surface area (Å²) in [5, 5.41) is 12.0. The molecule has 2 aromatic carbocycles. The van der Waals surface area contributed by atoms with Gasteiger partial charge >= 0.3 is 0 Å². The third kappa shape index (κ3) is 4.39. The Hall–Kier alpha value is -3.21. The maximum atomic E-state index is 5.49. The van der Waals surface area contributed by atoms with Gasteiger partial charge in [0.15, 0.2) is 6.61 Å². The van der Waals surface area contributed by atoms with Crippen LogP contribution in [0.2, 0.25) is 0 Å². The predicted octanol–water partition coefficient (Wildman–Crippen LogP) is 4.18. The third-order valence-electron chi connectivity index (χ3n) is 3.28. The van der Waals surface area contributed by atoms with Gasteiger partial charge in [-0.2, -0.15) is 0 Å². The Morgan fingerprint density at radius 2 is 1.71 bits per heavy atom. The summed E-state index contributed by atoms with van der Waals surface area (Å²) in [6, 6.07) is 19.7. The van der Waals surface area contributed by atoms with E-state index in [-0.39, 0.29) is 6.61 Å². The molecular formula is C19H17N3O2. The lowest BCUT2D eigenvalue weighted by molar-refractivity contribution is 0.110. The second-order valence-corrected chi connectivity index (χ2v) is 5.09. The largest absolute Gasteiger partial charge is 0.417 e. The van der Waals surface area contributed by atoms with Crippen molar-refractivity contribution >= 4 is 17.9 Å². The van der Waals surface area contributed by atoms with E-state index in [1.54, 1.807) is 6.08 Å². The van der Waals surface area contributed by atoms with Gasteiger partial charge in [-0.05, 0) is 24.1 Å². The van der Waals surface area contributed by atoms with Gasteiger partial charge in [0.25, 0.3) is 5.89 Å². The van der Waals surface area contributed by atoms with Crippen molar-refractivity contribution in [3.8, 4) is 0 Å². The summed E-state index contributed by atoms with van der Waals surface area (Å²) in [5.74, 6) is 0.813. The van der Waals surface area contributed by atoms with Crippen molar-refractivity contribution in [2.75, 3.05) is 0 Å². The quantitative estimate of drug-likeness (QED) is 0.505. The van der Waals surface area contributed by atoms with E-state index in [9.17, 15) is 0 Å². The molecule has 0 saturated carbocycles. The van der Waals surface area contributed by atoms with Crippen molar-refractivity contribution in [3.63, 3.8) is 0 Å². The summed E-state index contributed by atoms with van der Waals surface area (Å²) in [7, 11) is 0. The number of aromatic nitrogens is 2. The highest BCUT2D eigenvalue weighted by Crippen LogP contribution is 2.08. The number of hydrogen-bond acceptors (Lipinski definition) is 5. The molecule has 0 N–H and O–H groups in total. The van der Waals surface area contributed by atoms with Crippen molar-refractivity contribution in [2.24, 2.45) is 5.16 Å². The fourth-order valence-electron chi connectivity index (χ4n) is 2.04. The first kappa shape index (κ1) is 15.7. The summed E-state index contributed by atoms with van der Waals surface area (Å²) in [5.41, 5.74) is 2.87. The molecular weight excluding hydrogens is 302 g/mol. The molecule has 3 rings (SSSR count). The second-order valence-electron chi connectivity index (χ2n) is 5.09. The van der Waals surface area contributed by atoms with Gasteiger partial charge in [0, 0.05) is 6.08 Å². The van der Waals surface area contributed by atoms with Gasteiger partial charge < -0.3 is 9.25 Å². The van der Waals surface area contributed by atoms with Crippen molar-refractivity contribution in [1.29, 1.82) is 0 Å². The van der Waals surface area contributed by atoms with Crippen molar-refractivity contribution < 1.29 is 9.25 Å². The van der Waals surface area contributed by atoms with E-state index in [4.69, 9.17) is 9.25 Å². The van der Waals surface area contributed by atoms with Crippen LogP contribution in [0.15, 0.2) is 70.2 Å². The molecule has 120 valence electrons. The Labute approximate surface area is 140 Å². The molecule has 0 unspecified atom stereocenters. The van der Waals surface area contributed by atoms with Gasteiger partial charge in [0.1, 0.15) is 0 Å². The van der Waals surface area contributed by atoms with Crippen LogP contribution >= 0.6 is 0 Å². The molecule has 24 heavy (non-hydrogen) atoms. The maximum absolute atomic E-state index is 5.49. The Balaban J connectivity index is 1.56. The summed E-state index contributed by atoms with van der Waals surface area (Å²) in [6.07, 6.45) is 3.68. The maximum Gasteiger partial charge on any atom is 0.257 e. The van der Waals surface area contributed by atoms with E-state index in [1.807, 2.05) is 73.7 Å². The Morgan fingerprint density at radius 3 is 2.46 bits per heavy atom. The summed E-state index contributed by atoms with van der Waals surface area (Å²) in [4.78, 5) is 5.28.